The number of imidazole rings is 1. The van der Waals surface area contributed by atoms with Gasteiger partial charge in [-0.25, -0.2) is 18.6 Å². The first-order valence-electron chi connectivity index (χ1n) is 8.16. The molecular weight excluding hydrogens is 372 g/mol. The summed E-state index contributed by atoms with van der Waals surface area (Å²) in [6.07, 6.45) is 3.35. The summed E-state index contributed by atoms with van der Waals surface area (Å²) in [5, 5.41) is 2.63. The summed E-state index contributed by atoms with van der Waals surface area (Å²) in [6.45, 7) is 1.71. The van der Waals surface area contributed by atoms with Gasteiger partial charge in [0.1, 0.15) is 22.8 Å². The van der Waals surface area contributed by atoms with Gasteiger partial charge >= 0.3 is 5.69 Å². The van der Waals surface area contributed by atoms with Crippen molar-refractivity contribution in [2.24, 2.45) is 0 Å². The highest BCUT2D eigenvalue weighted by Gasteiger charge is 2.18. The van der Waals surface area contributed by atoms with Crippen molar-refractivity contribution in [2.75, 3.05) is 5.32 Å². The van der Waals surface area contributed by atoms with Crippen molar-refractivity contribution in [1.29, 1.82) is 0 Å². The highest BCUT2D eigenvalue weighted by Crippen LogP contribution is 2.20. The molecule has 0 aliphatic heterocycles. The Balaban J connectivity index is 1.78. The Labute approximate surface area is 155 Å². The van der Waals surface area contributed by atoms with Crippen molar-refractivity contribution in [3.05, 3.63) is 75.0 Å². The van der Waals surface area contributed by atoms with Gasteiger partial charge in [0, 0.05) is 12.3 Å². The van der Waals surface area contributed by atoms with Gasteiger partial charge < -0.3 is 15.3 Å². The van der Waals surface area contributed by atoms with Crippen molar-refractivity contribution in [3.8, 4) is 0 Å². The molecule has 0 saturated heterocycles. The highest BCUT2D eigenvalue weighted by molar-refractivity contribution is 5.72. The minimum atomic E-state index is -0.641. The van der Waals surface area contributed by atoms with Gasteiger partial charge in [0.15, 0.2) is 5.65 Å². The molecule has 0 spiro atoms. The van der Waals surface area contributed by atoms with Crippen molar-refractivity contribution < 1.29 is 8.78 Å². The number of hydrogen-bond acceptors (Lipinski definition) is 6. The van der Waals surface area contributed by atoms with Crippen molar-refractivity contribution >= 4 is 22.8 Å². The number of nitrogens with one attached hydrogen (secondary N) is 3. The first kappa shape index (κ1) is 17.5. The van der Waals surface area contributed by atoms with Crippen LogP contribution in [0.3, 0.4) is 0 Å². The monoisotopic (exact) mass is 385 g/mol. The SMILES string of the molecule is C[C@H](c1ccc(F)cn1)n1c(=O)[nH]c2cnc(Nc3cc(F)c[nH]c3=O)nc21. The van der Waals surface area contributed by atoms with E-state index in [9.17, 15) is 18.4 Å². The fourth-order valence-corrected chi connectivity index (χ4v) is 2.77. The lowest BCUT2D eigenvalue weighted by molar-refractivity contribution is 0.592. The standard InChI is InChI=1S/C17H13F2N7O2/c1-8(11-3-2-9(18)5-20-11)26-14-13(24-17(26)28)7-22-16(25-14)23-12-4-10(19)6-21-15(12)27/h2-8H,1H3,(H,21,27)(H,24,28)(H,22,23,25)/t8-/m1/s1. The number of nitrogens with zero attached hydrogens (tertiary/aromatic N) is 4. The summed E-state index contributed by atoms with van der Waals surface area (Å²) in [5.41, 5.74) is -0.0353. The summed E-state index contributed by atoms with van der Waals surface area (Å²) in [7, 11) is 0. The van der Waals surface area contributed by atoms with Crippen LogP contribution in [-0.4, -0.2) is 29.5 Å². The Morgan fingerprint density at radius 1 is 1.14 bits per heavy atom. The summed E-state index contributed by atoms with van der Waals surface area (Å²) >= 11 is 0. The maximum atomic E-state index is 13.4. The Morgan fingerprint density at radius 2 is 1.96 bits per heavy atom. The number of pyridine rings is 2. The zero-order valence-electron chi connectivity index (χ0n) is 14.4. The molecule has 3 N–H and O–H groups in total. The Morgan fingerprint density at radius 3 is 2.71 bits per heavy atom. The molecule has 0 unspecified atom stereocenters. The summed E-state index contributed by atoms with van der Waals surface area (Å²) in [6, 6.07) is 3.17. The molecular formula is C17H13F2N7O2. The zero-order valence-corrected chi connectivity index (χ0v) is 14.4. The number of anilines is 2. The van der Waals surface area contributed by atoms with Crippen molar-refractivity contribution in [2.45, 2.75) is 13.0 Å². The number of aromatic amines is 2. The van der Waals surface area contributed by atoms with Gasteiger partial charge in [-0.2, -0.15) is 4.98 Å². The maximum absolute atomic E-state index is 13.4. The van der Waals surface area contributed by atoms with E-state index in [1.54, 1.807) is 6.92 Å². The minimum Gasteiger partial charge on any atom is -0.324 e. The second-order valence-electron chi connectivity index (χ2n) is 5.99. The van der Waals surface area contributed by atoms with Crippen molar-refractivity contribution in [3.63, 3.8) is 0 Å². The summed E-state index contributed by atoms with van der Waals surface area (Å²) < 4.78 is 27.8. The second-order valence-corrected chi connectivity index (χ2v) is 5.99. The number of H-pyrrole nitrogens is 2. The van der Waals surface area contributed by atoms with E-state index in [0.29, 0.717) is 11.2 Å². The van der Waals surface area contributed by atoms with Crippen LogP contribution in [0.15, 0.2) is 46.4 Å². The molecule has 1 atom stereocenters. The van der Waals surface area contributed by atoms with Gasteiger partial charge in [-0.05, 0) is 19.1 Å². The molecule has 0 fully saturated rings. The molecule has 4 heterocycles. The van der Waals surface area contributed by atoms with Crippen LogP contribution in [0.2, 0.25) is 0 Å². The van der Waals surface area contributed by atoms with E-state index < -0.39 is 28.9 Å². The van der Waals surface area contributed by atoms with E-state index >= 15 is 0 Å². The van der Waals surface area contributed by atoms with Crippen LogP contribution in [0.5, 0.6) is 0 Å². The van der Waals surface area contributed by atoms with E-state index in [2.05, 4.69) is 30.2 Å². The third-order valence-electron chi connectivity index (χ3n) is 4.14. The van der Waals surface area contributed by atoms with E-state index in [-0.39, 0.29) is 17.3 Å². The molecule has 0 bridgehead atoms. The van der Waals surface area contributed by atoms with Crippen molar-refractivity contribution in [1.82, 2.24) is 29.5 Å². The normalized spacial score (nSPS) is 12.2. The van der Waals surface area contributed by atoms with Gasteiger partial charge in [0.25, 0.3) is 5.56 Å². The Kier molecular flexibility index (Phi) is 4.18. The average molecular weight is 385 g/mol. The largest absolute Gasteiger partial charge is 0.328 e. The molecule has 28 heavy (non-hydrogen) atoms. The molecule has 11 heteroatoms. The van der Waals surface area contributed by atoms with Gasteiger partial charge in [0.05, 0.1) is 24.1 Å². The molecule has 0 aliphatic rings. The second kappa shape index (κ2) is 6.68. The molecule has 0 aliphatic carbocycles. The van der Waals surface area contributed by atoms with Gasteiger partial charge in [-0.1, -0.05) is 0 Å². The smallest absolute Gasteiger partial charge is 0.324 e. The lowest BCUT2D eigenvalue weighted by atomic mass is 10.2. The van der Waals surface area contributed by atoms with Crippen LogP contribution in [0, 0.1) is 11.6 Å². The first-order chi connectivity index (χ1) is 13.4. The number of rotatable bonds is 4. The van der Waals surface area contributed by atoms with Gasteiger partial charge in [0.2, 0.25) is 5.95 Å². The molecule has 4 aromatic heterocycles. The number of hydrogen-bond donors (Lipinski definition) is 3. The fourth-order valence-electron chi connectivity index (χ4n) is 2.77. The van der Waals surface area contributed by atoms with Crippen LogP contribution in [0.4, 0.5) is 20.4 Å². The van der Waals surface area contributed by atoms with Crippen LogP contribution in [0.25, 0.3) is 11.2 Å². The number of fused-ring (bicyclic) bond motifs is 1. The number of halogens is 2. The molecule has 4 rings (SSSR count). The molecule has 0 aromatic carbocycles. The molecule has 0 radical (unpaired) electrons. The summed E-state index contributed by atoms with van der Waals surface area (Å²) in [5.74, 6) is -1.13. The lowest BCUT2D eigenvalue weighted by Gasteiger charge is -2.12. The molecule has 4 aromatic rings. The van der Waals surface area contributed by atoms with E-state index in [4.69, 9.17) is 0 Å². The molecule has 0 amide bonds. The van der Waals surface area contributed by atoms with Crippen LogP contribution in [-0.2, 0) is 0 Å². The van der Waals surface area contributed by atoms with E-state index in [0.717, 1.165) is 18.5 Å². The fraction of sp³-hybridized carbons (Fsp3) is 0.118. The van der Waals surface area contributed by atoms with E-state index in [1.807, 2.05) is 0 Å². The molecule has 142 valence electrons. The zero-order chi connectivity index (χ0) is 19.8. The Bertz CT molecular complexity index is 1280. The predicted molar refractivity (Wildman–Crippen MR) is 96.5 cm³/mol. The van der Waals surface area contributed by atoms with Gasteiger partial charge in [-0.15, -0.1) is 0 Å². The third-order valence-corrected chi connectivity index (χ3v) is 4.14. The average Bonchev–Trinajstić information content (AvgIpc) is 3.00. The van der Waals surface area contributed by atoms with Crippen LogP contribution in [0.1, 0.15) is 18.7 Å². The third kappa shape index (κ3) is 3.13. The van der Waals surface area contributed by atoms with Crippen LogP contribution >= 0.6 is 0 Å². The molecule has 9 nitrogen and oxygen atoms in total. The Hall–Kier alpha value is -3.89. The summed E-state index contributed by atoms with van der Waals surface area (Å²) in [4.78, 5) is 41.3. The lowest BCUT2D eigenvalue weighted by Crippen LogP contribution is -2.22. The molecule has 0 saturated carbocycles. The van der Waals surface area contributed by atoms with Crippen LogP contribution < -0.4 is 16.6 Å². The minimum absolute atomic E-state index is 0.00406. The van der Waals surface area contributed by atoms with E-state index in [1.165, 1.54) is 22.9 Å². The maximum Gasteiger partial charge on any atom is 0.328 e. The highest BCUT2D eigenvalue weighted by atomic mass is 19.1. The quantitative estimate of drug-likeness (QED) is 0.493. The predicted octanol–water partition coefficient (Wildman–Crippen LogP) is 1.83. The first-order valence-corrected chi connectivity index (χ1v) is 8.16. The number of aromatic nitrogens is 6. The van der Waals surface area contributed by atoms with Gasteiger partial charge in [-0.3, -0.25) is 14.3 Å². The topological polar surface area (TPSA) is 121 Å².